The molecule has 1 N–H and O–H groups in total. The van der Waals surface area contributed by atoms with Gasteiger partial charge in [0.05, 0.1) is 5.69 Å². The molecule has 0 amide bonds. The van der Waals surface area contributed by atoms with Crippen LogP contribution in [0.1, 0.15) is 11.4 Å². The van der Waals surface area contributed by atoms with E-state index in [0.717, 1.165) is 0 Å². The van der Waals surface area contributed by atoms with Crippen molar-refractivity contribution < 1.29 is 9.50 Å². The molecule has 0 fully saturated rings. The average Bonchev–Trinajstić information content (AvgIpc) is 2.48. The van der Waals surface area contributed by atoms with Crippen molar-refractivity contribution >= 4 is 0 Å². The molecule has 0 radical (unpaired) electrons. The molecule has 4 heteroatoms. The lowest BCUT2D eigenvalue weighted by Crippen LogP contribution is -1.94. The lowest BCUT2D eigenvalue weighted by atomic mass is 10.1. The molecule has 0 aliphatic rings. The zero-order valence-electron chi connectivity index (χ0n) is 10.1. The summed E-state index contributed by atoms with van der Waals surface area (Å²) in [6.07, 6.45) is 0. The summed E-state index contributed by atoms with van der Waals surface area (Å²) in [5.74, 6) is -0.729. The van der Waals surface area contributed by atoms with Crippen LogP contribution in [0.15, 0.2) is 35.1 Å². The molecule has 0 bridgehead atoms. The molecule has 0 saturated heterocycles. The van der Waals surface area contributed by atoms with Crippen LogP contribution in [0.5, 0.6) is 5.75 Å². The smallest absolute Gasteiger partial charge is 0.220 e. The number of aryl methyl sites for hydroxylation is 2. The first-order chi connectivity index (χ1) is 8.49. The van der Waals surface area contributed by atoms with Gasteiger partial charge >= 0.3 is 0 Å². The predicted octanol–water partition coefficient (Wildman–Crippen LogP) is 2.57. The Balaban J connectivity index is 2.66. The Bertz CT molecular complexity index is 668. The minimum atomic E-state index is -0.473. The summed E-state index contributed by atoms with van der Waals surface area (Å²) < 4.78 is 13.5. The summed E-state index contributed by atoms with van der Waals surface area (Å²) in [5, 5.41) is 9.32. The number of rotatable bonds is 1. The van der Waals surface area contributed by atoms with Gasteiger partial charge in [0, 0.05) is 11.3 Å². The normalized spacial score (nSPS) is 10.4. The van der Waals surface area contributed by atoms with Crippen LogP contribution in [0.2, 0.25) is 0 Å². The second-order valence-corrected chi connectivity index (χ2v) is 4.06. The largest absolute Gasteiger partial charge is 0.504 e. The molecule has 1 aromatic carbocycles. The Labute approximate surface area is 104 Å². The summed E-state index contributed by atoms with van der Waals surface area (Å²) in [5.41, 5.74) is 1.78. The fourth-order valence-corrected chi connectivity index (χ4v) is 1.73. The van der Waals surface area contributed by atoms with Gasteiger partial charge in [-0.05, 0) is 37.6 Å². The molecule has 0 aliphatic carbocycles. The molecule has 0 saturated carbocycles. The molecular formula is C14H12FNO2. The van der Waals surface area contributed by atoms with E-state index in [1.54, 1.807) is 26.0 Å². The molecule has 92 valence electrons. The molecule has 3 nitrogen and oxygen atoms in total. The van der Waals surface area contributed by atoms with Crippen molar-refractivity contribution in [3.8, 4) is 16.9 Å². The fraction of sp³-hybridized carbons (Fsp3) is 0.143. The highest BCUT2D eigenvalue weighted by molar-refractivity contribution is 5.65. The van der Waals surface area contributed by atoms with Crippen LogP contribution in [0.4, 0.5) is 4.39 Å². The Morgan fingerprint density at radius 2 is 1.78 bits per heavy atom. The third-order valence-corrected chi connectivity index (χ3v) is 2.74. The van der Waals surface area contributed by atoms with Gasteiger partial charge in [-0.1, -0.05) is 12.1 Å². The summed E-state index contributed by atoms with van der Waals surface area (Å²) in [7, 11) is 0. The highest BCUT2D eigenvalue weighted by Gasteiger charge is 2.07. The summed E-state index contributed by atoms with van der Waals surface area (Å²) in [6, 6.07) is 7.04. The Hall–Kier alpha value is -2.23. The second kappa shape index (κ2) is 4.56. The Morgan fingerprint density at radius 1 is 1.11 bits per heavy atom. The summed E-state index contributed by atoms with van der Waals surface area (Å²) in [6.45, 7) is 3.37. The van der Waals surface area contributed by atoms with Crippen molar-refractivity contribution in [3.05, 3.63) is 57.8 Å². The molecule has 1 aromatic heterocycles. The van der Waals surface area contributed by atoms with Gasteiger partial charge in [-0.2, -0.15) is 0 Å². The van der Waals surface area contributed by atoms with Crippen LogP contribution < -0.4 is 5.43 Å². The zero-order valence-corrected chi connectivity index (χ0v) is 10.1. The minimum Gasteiger partial charge on any atom is -0.504 e. The first-order valence-corrected chi connectivity index (χ1v) is 5.46. The summed E-state index contributed by atoms with van der Waals surface area (Å²) >= 11 is 0. The first kappa shape index (κ1) is 12.2. The lowest BCUT2D eigenvalue weighted by Gasteiger charge is -2.05. The molecule has 2 aromatic rings. The van der Waals surface area contributed by atoms with Crippen LogP contribution in [-0.4, -0.2) is 10.1 Å². The SMILES string of the molecule is Cc1nc(C)c(-c2ccc(O)c(=O)cc2)cc1F. The maximum absolute atomic E-state index is 13.5. The van der Waals surface area contributed by atoms with Crippen LogP contribution in [0.3, 0.4) is 0 Å². The van der Waals surface area contributed by atoms with Gasteiger partial charge in [-0.15, -0.1) is 0 Å². The Morgan fingerprint density at radius 3 is 2.50 bits per heavy atom. The molecule has 0 spiro atoms. The number of aromatic nitrogens is 1. The maximum atomic E-state index is 13.5. The topological polar surface area (TPSA) is 50.2 Å². The fourth-order valence-electron chi connectivity index (χ4n) is 1.73. The quantitative estimate of drug-likeness (QED) is 0.840. The van der Waals surface area contributed by atoms with Gasteiger partial charge in [-0.25, -0.2) is 4.39 Å². The third-order valence-electron chi connectivity index (χ3n) is 2.74. The van der Waals surface area contributed by atoms with Gasteiger partial charge in [0.25, 0.3) is 0 Å². The monoisotopic (exact) mass is 245 g/mol. The van der Waals surface area contributed by atoms with E-state index in [2.05, 4.69) is 4.98 Å². The van der Waals surface area contributed by atoms with Gasteiger partial charge in [0.2, 0.25) is 5.43 Å². The predicted molar refractivity (Wildman–Crippen MR) is 67.0 cm³/mol. The van der Waals surface area contributed by atoms with E-state index in [9.17, 15) is 14.3 Å². The molecule has 1 heterocycles. The lowest BCUT2D eigenvalue weighted by molar-refractivity contribution is 0.471. The van der Waals surface area contributed by atoms with E-state index >= 15 is 0 Å². The van der Waals surface area contributed by atoms with Crippen LogP contribution >= 0.6 is 0 Å². The molecule has 0 aliphatic heterocycles. The van der Waals surface area contributed by atoms with E-state index in [1.165, 1.54) is 18.2 Å². The van der Waals surface area contributed by atoms with Gasteiger partial charge in [-0.3, -0.25) is 9.78 Å². The van der Waals surface area contributed by atoms with Crippen molar-refractivity contribution in [3.63, 3.8) is 0 Å². The zero-order chi connectivity index (χ0) is 13.3. The van der Waals surface area contributed by atoms with Crippen molar-refractivity contribution in [1.29, 1.82) is 0 Å². The van der Waals surface area contributed by atoms with E-state index in [0.29, 0.717) is 22.5 Å². The number of halogens is 1. The number of hydrogen-bond acceptors (Lipinski definition) is 3. The number of hydrogen-bond donors (Lipinski definition) is 1. The standard InChI is InChI=1S/C14H12FNO2/c1-8-11(7-12(15)9(2)16-8)10-3-5-13(17)14(18)6-4-10/h3-7H,1-2H3,(H,17,18). The van der Waals surface area contributed by atoms with Crippen LogP contribution in [0, 0.1) is 19.7 Å². The number of aromatic hydroxyl groups is 1. The summed E-state index contributed by atoms with van der Waals surface area (Å²) in [4.78, 5) is 15.4. The average molecular weight is 245 g/mol. The molecule has 0 unspecified atom stereocenters. The Kier molecular flexibility index (Phi) is 3.10. The second-order valence-electron chi connectivity index (χ2n) is 4.06. The number of nitrogens with zero attached hydrogens (tertiary/aromatic N) is 1. The molecule has 2 rings (SSSR count). The molecular weight excluding hydrogens is 233 g/mol. The van der Waals surface area contributed by atoms with Crippen LogP contribution in [-0.2, 0) is 0 Å². The van der Waals surface area contributed by atoms with Crippen molar-refractivity contribution in [2.75, 3.05) is 0 Å². The van der Waals surface area contributed by atoms with Crippen molar-refractivity contribution in [2.45, 2.75) is 13.8 Å². The third kappa shape index (κ3) is 2.22. The minimum absolute atomic E-state index is 0.334. The van der Waals surface area contributed by atoms with E-state index in [1.807, 2.05) is 0 Å². The van der Waals surface area contributed by atoms with E-state index < -0.39 is 11.2 Å². The van der Waals surface area contributed by atoms with E-state index in [-0.39, 0.29) is 5.75 Å². The van der Waals surface area contributed by atoms with Crippen LogP contribution in [0.25, 0.3) is 11.1 Å². The maximum Gasteiger partial charge on any atom is 0.220 e. The van der Waals surface area contributed by atoms with Crippen molar-refractivity contribution in [2.24, 2.45) is 0 Å². The van der Waals surface area contributed by atoms with Gasteiger partial charge in [0.1, 0.15) is 5.82 Å². The first-order valence-electron chi connectivity index (χ1n) is 5.46. The van der Waals surface area contributed by atoms with Gasteiger partial charge < -0.3 is 5.11 Å². The highest BCUT2D eigenvalue weighted by Crippen LogP contribution is 2.23. The number of pyridine rings is 1. The molecule has 18 heavy (non-hydrogen) atoms. The van der Waals surface area contributed by atoms with E-state index in [4.69, 9.17) is 0 Å². The van der Waals surface area contributed by atoms with Crippen molar-refractivity contribution in [1.82, 2.24) is 4.98 Å². The molecule has 0 atom stereocenters. The highest BCUT2D eigenvalue weighted by atomic mass is 19.1. The van der Waals surface area contributed by atoms with Gasteiger partial charge in [0.15, 0.2) is 5.75 Å².